The third kappa shape index (κ3) is 5.09. The van der Waals surface area contributed by atoms with Crippen LogP contribution in [0, 0.1) is 5.41 Å². The van der Waals surface area contributed by atoms with Crippen molar-refractivity contribution in [2.75, 3.05) is 24.5 Å². The summed E-state index contributed by atoms with van der Waals surface area (Å²) >= 11 is 1.41. The van der Waals surface area contributed by atoms with E-state index in [1.54, 1.807) is 26.2 Å². The lowest BCUT2D eigenvalue weighted by molar-refractivity contribution is -0.149. The van der Waals surface area contributed by atoms with Crippen LogP contribution in [0.1, 0.15) is 44.2 Å². The number of nitrogens with one attached hydrogen (secondary N) is 1. The zero-order chi connectivity index (χ0) is 25.2. The number of thiazole rings is 1. The van der Waals surface area contributed by atoms with E-state index in [1.807, 2.05) is 24.0 Å². The molecular weight excluding hydrogens is 468 g/mol. The minimum atomic E-state index is -0.766. The highest BCUT2D eigenvalue weighted by Gasteiger charge is 2.37. The third-order valence-electron chi connectivity index (χ3n) is 6.40. The topological polar surface area (TPSA) is 141 Å². The molecule has 0 aliphatic carbocycles. The van der Waals surface area contributed by atoms with E-state index in [9.17, 15) is 19.9 Å². The van der Waals surface area contributed by atoms with Gasteiger partial charge in [-0.3, -0.25) is 9.59 Å². The molecule has 3 N–H and O–H groups in total. The van der Waals surface area contributed by atoms with Gasteiger partial charge in [-0.05, 0) is 51.3 Å². The van der Waals surface area contributed by atoms with Crippen molar-refractivity contribution in [1.29, 1.82) is 0 Å². The third-order valence-corrected chi connectivity index (χ3v) is 7.50. The normalized spacial score (nSPS) is 15.9. The summed E-state index contributed by atoms with van der Waals surface area (Å²) in [5.74, 6) is -0.294. The molecule has 3 aromatic rings. The highest BCUT2D eigenvalue weighted by Crippen LogP contribution is 2.34. The predicted molar refractivity (Wildman–Crippen MR) is 134 cm³/mol. The molecule has 184 valence electrons. The van der Waals surface area contributed by atoms with Gasteiger partial charge in [0.2, 0.25) is 11.9 Å². The molecule has 2 aromatic heterocycles. The van der Waals surface area contributed by atoms with Gasteiger partial charge in [0.1, 0.15) is 5.01 Å². The minimum Gasteiger partial charge on any atom is -0.481 e. The predicted octanol–water partition coefficient (Wildman–Crippen LogP) is 3.32. The number of likely N-dealkylation sites (N-methyl/N-ethyl adjacent to an activating group) is 1. The molecule has 10 nitrogen and oxygen atoms in total. The fraction of sp³-hybridized carbons (Fsp3) is 0.417. The second-order valence-corrected chi connectivity index (χ2v) is 10.0. The first kappa shape index (κ1) is 24.5. The number of benzene rings is 1. The van der Waals surface area contributed by atoms with Gasteiger partial charge in [0, 0.05) is 43.2 Å². The van der Waals surface area contributed by atoms with Crippen LogP contribution in [0.25, 0.3) is 21.3 Å². The number of hydrogen-bond acceptors (Lipinski definition) is 9. The summed E-state index contributed by atoms with van der Waals surface area (Å²) in [6.45, 7) is 7.08. The van der Waals surface area contributed by atoms with Crippen molar-refractivity contribution in [2.24, 2.45) is 10.6 Å². The van der Waals surface area contributed by atoms with Crippen molar-refractivity contribution in [3.05, 3.63) is 35.1 Å². The molecule has 0 radical (unpaired) electrons. The number of anilines is 1. The van der Waals surface area contributed by atoms with E-state index >= 15 is 0 Å². The van der Waals surface area contributed by atoms with Crippen LogP contribution in [-0.4, -0.2) is 62.5 Å². The number of aromatic nitrogens is 3. The SMILES string of the molecule is CCNC(=O)Cc1nc2cc(-c3cnc(N4CCC(C)(C(=O)O)CC4)nc3)cc(/C(C)=N/O)c2s1. The van der Waals surface area contributed by atoms with Crippen molar-refractivity contribution in [3.8, 4) is 11.1 Å². The van der Waals surface area contributed by atoms with Gasteiger partial charge in [0.15, 0.2) is 0 Å². The first-order chi connectivity index (χ1) is 16.7. The van der Waals surface area contributed by atoms with Gasteiger partial charge in [-0.1, -0.05) is 5.16 Å². The Labute approximate surface area is 206 Å². The van der Waals surface area contributed by atoms with E-state index in [2.05, 4.69) is 25.4 Å². The summed E-state index contributed by atoms with van der Waals surface area (Å²) in [7, 11) is 0. The lowest BCUT2D eigenvalue weighted by Crippen LogP contribution is -2.43. The fourth-order valence-corrected chi connectivity index (χ4v) is 5.20. The average molecular weight is 497 g/mol. The molecule has 0 bridgehead atoms. The second kappa shape index (κ2) is 9.95. The van der Waals surface area contributed by atoms with Gasteiger partial charge < -0.3 is 20.5 Å². The summed E-state index contributed by atoms with van der Waals surface area (Å²) in [5.41, 5.74) is 2.75. The smallest absolute Gasteiger partial charge is 0.309 e. The van der Waals surface area contributed by atoms with Crippen LogP contribution in [-0.2, 0) is 16.0 Å². The van der Waals surface area contributed by atoms with E-state index in [0.717, 1.165) is 21.4 Å². The number of carboxylic acids is 1. The molecule has 1 aliphatic rings. The van der Waals surface area contributed by atoms with Crippen molar-refractivity contribution in [3.63, 3.8) is 0 Å². The lowest BCUT2D eigenvalue weighted by atomic mass is 9.80. The number of aliphatic carboxylic acids is 1. The maximum absolute atomic E-state index is 12.0. The Morgan fingerprint density at radius 3 is 2.49 bits per heavy atom. The van der Waals surface area contributed by atoms with Crippen LogP contribution < -0.4 is 10.2 Å². The van der Waals surface area contributed by atoms with Gasteiger partial charge in [-0.2, -0.15) is 0 Å². The average Bonchev–Trinajstić information content (AvgIpc) is 3.25. The number of oxime groups is 1. The van der Waals surface area contributed by atoms with Crippen molar-refractivity contribution >= 4 is 45.1 Å². The first-order valence-corrected chi connectivity index (χ1v) is 12.3. The van der Waals surface area contributed by atoms with Gasteiger partial charge >= 0.3 is 5.97 Å². The molecule has 1 saturated heterocycles. The van der Waals surface area contributed by atoms with E-state index < -0.39 is 11.4 Å². The van der Waals surface area contributed by atoms with Gasteiger partial charge in [-0.15, -0.1) is 11.3 Å². The highest BCUT2D eigenvalue weighted by atomic mass is 32.1. The van der Waals surface area contributed by atoms with Crippen LogP contribution in [0.2, 0.25) is 0 Å². The number of carboxylic acid groups (broad SMARTS) is 1. The van der Waals surface area contributed by atoms with Crippen LogP contribution in [0.3, 0.4) is 0 Å². The van der Waals surface area contributed by atoms with E-state index in [-0.39, 0.29) is 12.3 Å². The number of piperidine rings is 1. The summed E-state index contributed by atoms with van der Waals surface area (Å²) < 4.78 is 0.843. The van der Waals surface area contributed by atoms with Crippen LogP contribution in [0.15, 0.2) is 29.7 Å². The molecule has 1 aliphatic heterocycles. The monoisotopic (exact) mass is 496 g/mol. The molecule has 4 rings (SSSR count). The Bertz CT molecular complexity index is 1280. The maximum Gasteiger partial charge on any atom is 0.309 e. The van der Waals surface area contributed by atoms with Crippen LogP contribution in [0.4, 0.5) is 5.95 Å². The van der Waals surface area contributed by atoms with E-state index in [1.165, 1.54) is 11.3 Å². The first-order valence-electron chi connectivity index (χ1n) is 11.4. The number of carbonyl (C=O) groups excluding carboxylic acids is 1. The quantitative estimate of drug-likeness (QED) is 0.257. The van der Waals surface area contributed by atoms with Crippen molar-refractivity contribution in [1.82, 2.24) is 20.3 Å². The molecule has 1 aromatic carbocycles. The molecule has 11 heteroatoms. The molecule has 0 unspecified atom stereocenters. The molecule has 3 heterocycles. The fourth-order valence-electron chi connectivity index (χ4n) is 4.09. The number of fused-ring (bicyclic) bond motifs is 1. The number of carbonyl (C=O) groups is 2. The maximum atomic E-state index is 12.0. The zero-order valence-corrected chi connectivity index (χ0v) is 20.7. The highest BCUT2D eigenvalue weighted by molar-refractivity contribution is 7.19. The Kier molecular flexibility index (Phi) is 6.97. The van der Waals surface area contributed by atoms with Gasteiger partial charge in [0.05, 0.1) is 27.8 Å². The number of amides is 1. The summed E-state index contributed by atoms with van der Waals surface area (Å²) in [4.78, 5) is 39.2. The Hall–Kier alpha value is -3.60. The van der Waals surface area contributed by atoms with Crippen LogP contribution in [0.5, 0.6) is 0 Å². The molecule has 0 atom stereocenters. The number of nitrogens with zero attached hydrogens (tertiary/aromatic N) is 5. The van der Waals surface area contributed by atoms with Crippen LogP contribution >= 0.6 is 11.3 Å². The Morgan fingerprint density at radius 1 is 1.20 bits per heavy atom. The Balaban J connectivity index is 1.61. The van der Waals surface area contributed by atoms with Crippen molar-refractivity contribution < 1.29 is 19.9 Å². The molecule has 35 heavy (non-hydrogen) atoms. The summed E-state index contributed by atoms with van der Waals surface area (Å²) in [6.07, 6.45) is 4.72. The number of rotatable bonds is 7. The molecule has 1 fully saturated rings. The standard InChI is InChI=1S/C24H28N6O4S/c1-4-25-19(31)11-20-28-18-10-15(9-17(14(2)29-34)21(18)35-20)16-12-26-23(27-13-16)30-7-5-24(3,6-8-30)22(32)33/h9-10,12-13,34H,4-8,11H2,1-3H3,(H,25,31)(H,32,33)/b29-14+. The lowest BCUT2D eigenvalue weighted by Gasteiger charge is -2.36. The second-order valence-electron chi connectivity index (χ2n) is 8.92. The molecule has 1 amide bonds. The number of hydrogen-bond donors (Lipinski definition) is 3. The van der Waals surface area contributed by atoms with Crippen molar-refractivity contribution in [2.45, 2.75) is 40.0 Å². The van der Waals surface area contributed by atoms with Gasteiger partial charge in [0.25, 0.3) is 0 Å². The Morgan fingerprint density at radius 2 is 1.89 bits per heavy atom. The molecular formula is C24H28N6O4S. The summed E-state index contributed by atoms with van der Waals surface area (Å²) in [5, 5.41) is 25.7. The largest absolute Gasteiger partial charge is 0.481 e. The van der Waals surface area contributed by atoms with Gasteiger partial charge in [-0.25, -0.2) is 15.0 Å². The summed E-state index contributed by atoms with van der Waals surface area (Å²) in [6, 6.07) is 3.82. The molecule has 0 saturated carbocycles. The van der Waals surface area contributed by atoms with E-state index in [0.29, 0.717) is 54.7 Å². The van der Waals surface area contributed by atoms with E-state index in [4.69, 9.17) is 0 Å². The zero-order valence-electron chi connectivity index (χ0n) is 19.9. The minimum absolute atomic E-state index is 0.0914. The molecule has 0 spiro atoms.